The minimum atomic E-state index is -0.141. The first-order chi connectivity index (χ1) is 12.7. The van der Waals surface area contributed by atoms with Crippen LogP contribution in [0, 0.1) is 0 Å². The molecule has 0 aromatic carbocycles. The number of nitrogens with one attached hydrogen (secondary N) is 1. The monoisotopic (exact) mass is 410 g/mol. The van der Waals surface area contributed by atoms with Crippen LogP contribution < -0.4 is 10.9 Å². The number of hydrogen-bond acceptors (Lipinski definition) is 10. The van der Waals surface area contributed by atoms with Crippen molar-refractivity contribution in [3.05, 3.63) is 27.1 Å². The number of hydrogen-bond donors (Lipinski definition) is 1. The lowest BCUT2D eigenvalue weighted by Gasteiger charge is -2.08. The summed E-state index contributed by atoms with van der Waals surface area (Å²) in [5, 5.41) is 17.6. The van der Waals surface area contributed by atoms with Crippen molar-refractivity contribution in [3.8, 4) is 0 Å². The highest BCUT2D eigenvalue weighted by Crippen LogP contribution is 2.28. The standard InChI is InChI=1S/C15H18N6O2S3/c1-2-11-20-21-12(22)6-9(17-14(21)25-11)8-24-15-19-18-13(26-15)16-7-10-4-3-5-23-10/h6,10H,2-5,7-8H2,1H3,(H,16,18)/t10-/m1/s1. The molecule has 138 valence electrons. The molecule has 11 heteroatoms. The Morgan fingerprint density at radius 1 is 1.42 bits per heavy atom. The van der Waals surface area contributed by atoms with Gasteiger partial charge in [0.2, 0.25) is 10.1 Å². The quantitative estimate of drug-likeness (QED) is 0.594. The van der Waals surface area contributed by atoms with Gasteiger partial charge >= 0.3 is 0 Å². The number of aromatic nitrogens is 5. The largest absolute Gasteiger partial charge is 0.376 e. The van der Waals surface area contributed by atoms with Crippen LogP contribution >= 0.6 is 34.4 Å². The molecule has 0 unspecified atom stereocenters. The van der Waals surface area contributed by atoms with Crippen molar-refractivity contribution in [2.45, 2.75) is 42.4 Å². The van der Waals surface area contributed by atoms with E-state index in [1.54, 1.807) is 0 Å². The molecule has 0 aliphatic carbocycles. The van der Waals surface area contributed by atoms with Crippen molar-refractivity contribution >= 4 is 44.5 Å². The Morgan fingerprint density at radius 2 is 2.35 bits per heavy atom. The van der Waals surface area contributed by atoms with Crippen molar-refractivity contribution in [2.24, 2.45) is 0 Å². The zero-order chi connectivity index (χ0) is 17.9. The second-order valence-corrected chi connectivity index (χ2v) is 9.05. The van der Waals surface area contributed by atoms with Crippen LogP contribution in [0.2, 0.25) is 0 Å². The fourth-order valence-corrected chi connectivity index (χ4v) is 5.10. The Kier molecular flexibility index (Phi) is 5.48. The van der Waals surface area contributed by atoms with Gasteiger partial charge in [-0.05, 0) is 19.3 Å². The van der Waals surface area contributed by atoms with Gasteiger partial charge in [0, 0.05) is 25.0 Å². The second-order valence-electron chi connectivity index (χ2n) is 5.81. The van der Waals surface area contributed by atoms with Gasteiger partial charge in [0.05, 0.1) is 11.8 Å². The molecule has 0 spiro atoms. The summed E-state index contributed by atoms with van der Waals surface area (Å²) in [5.41, 5.74) is 0.591. The molecule has 26 heavy (non-hydrogen) atoms. The number of rotatable bonds is 7. The van der Waals surface area contributed by atoms with Crippen LogP contribution in [-0.2, 0) is 16.9 Å². The number of anilines is 1. The molecule has 1 N–H and O–H groups in total. The summed E-state index contributed by atoms with van der Waals surface area (Å²) in [5.74, 6) is 0.575. The maximum Gasteiger partial charge on any atom is 0.275 e. The number of thioether (sulfide) groups is 1. The van der Waals surface area contributed by atoms with Gasteiger partial charge in [-0.3, -0.25) is 4.79 Å². The maximum atomic E-state index is 12.2. The van der Waals surface area contributed by atoms with Crippen molar-refractivity contribution in [2.75, 3.05) is 18.5 Å². The summed E-state index contributed by atoms with van der Waals surface area (Å²) in [7, 11) is 0. The lowest BCUT2D eigenvalue weighted by molar-refractivity contribution is 0.120. The van der Waals surface area contributed by atoms with Crippen LogP contribution in [0.3, 0.4) is 0 Å². The highest BCUT2D eigenvalue weighted by atomic mass is 32.2. The second kappa shape index (κ2) is 7.99. The SMILES string of the molecule is CCc1nn2c(=O)cc(CSc3nnc(NC[C@H]4CCCO4)s3)nc2s1. The molecule has 4 rings (SSSR count). The third-order valence-corrected chi connectivity index (χ3v) is 7.00. The molecule has 1 saturated heterocycles. The smallest absolute Gasteiger partial charge is 0.275 e. The Morgan fingerprint density at radius 3 is 3.15 bits per heavy atom. The zero-order valence-corrected chi connectivity index (χ0v) is 16.6. The van der Waals surface area contributed by atoms with Crippen LogP contribution in [0.5, 0.6) is 0 Å². The van der Waals surface area contributed by atoms with E-state index < -0.39 is 0 Å². The topological polar surface area (TPSA) is 94.3 Å². The van der Waals surface area contributed by atoms with Gasteiger partial charge in [0.15, 0.2) is 4.34 Å². The molecule has 1 aliphatic heterocycles. The average Bonchev–Trinajstić information content (AvgIpc) is 3.38. The van der Waals surface area contributed by atoms with Crippen molar-refractivity contribution in [1.82, 2.24) is 24.8 Å². The maximum absolute atomic E-state index is 12.2. The molecule has 0 bridgehead atoms. The third-order valence-electron chi connectivity index (χ3n) is 3.90. The fourth-order valence-electron chi connectivity index (χ4n) is 2.59. The molecule has 4 heterocycles. The van der Waals surface area contributed by atoms with E-state index in [-0.39, 0.29) is 11.7 Å². The van der Waals surface area contributed by atoms with E-state index in [2.05, 4.69) is 25.6 Å². The van der Waals surface area contributed by atoms with E-state index >= 15 is 0 Å². The predicted molar refractivity (Wildman–Crippen MR) is 103 cm³/mol. The van der Waals surface area contributed by atoms with E-state index in [0.717, 1.165) is 52.6 Å². The first-order valence-electron chi connectivity index (χ1n) is 8.41. The molecular weight excluding hydrogens is 392 g/mol. The fraction of sp³-hybridized carbons (Fsp3) is 0.533. The van der Waals surface area contributed by atoms with E-state index in [9.17, 15) is 4.79 Å². The molecule has 0 saturated carbocycles. The van der Waals surface area contributed by atoms with Gasteiger partial charge in [-0.2, -0.15) is 9.61 Å². The zero-order valence-electron chi connectivity index (χ0n) is 14.2. The van der Waals surface area contributed by atoms with Crippen LogP contribution in [-0.4, -0.2) is 44.1 Å². The molecule has 3 aromatic rings. The van der Waals surface area contributed by atoms with E-state index in [4.69, 9.17) is 4.74 Å². The van der Waals surface area contributed by atoms with Gasteiger partial charge in [0.25, 0.3) is 5.56 Å². The first kappa shape index (κ1) is 17.8. The summed E-state index contributed by atoms with van der Waals surface area (Å²) < 4.78 is 7.81. The molecular formula is C15H18N6O2S3. The lowest BCUT2D eigenvalue weighted by atomic mass is 10.2. The van der Waals surface area contributed by atoms with E-state index in [1.807, 2.05) is 6.92 Å². The van der Waals surface area contributed by atoms with Crippen LogP contribution in [0.1, 0.15) is 30.5 Å². The highest BCUT2D eigenvalue weighted by molar-refractivity contribution is 8.00. The average molecular weight is 411 g/mol. The number of nitrogens with zero attached hydrogens (tertiary/aromatic N) is 5. The van der Waals surface area contributed by atoms with E-state index in [1.165, 1.54) is 45.0 Å². The summed E-state index contributed by atoms with van der Waals surface area (Å²) >= 11 is 4.49. The molecule has 1 atom stereocenters. The molecule has 3 aromatic heterocycles. The summed E-state index contributed by atoms with van der Waals surface area (Å²) in [6, 6.07) is 1.54. The van der Waals surface area contributed by atoms with Crippen LogP contribution in [0.4, 0.5) is 5.13 Å². The van der Waals surface area contributed by atoms with Gasteiger partial charge in [-0.15, -0.1) is 10.2 Å². The molecule has 0 amide bonds. The number of ether oxygens (including phenoxy) is 1. The van der Waals surface area contributed by atoms with E-state index in [0.29, 0.717) is 10.7 Å². The Hall–Kier alpha value is -1.56. The van der Waals surface area contributed by atoms with Gasteiger partial charge in [0.1, 0.15) is 5.01 Å². The summed E-state index contributed by atoms with van der Waals surface area (Å²) in [6.07, 6.45) is 3.28. The van der Waals surface area contributed by atoms with Gasteiger partial charge in [-0.25, -0.2) is 4.98 Å². The highest BCUT2D eigenvalue weighted by Gasteiger charge is 2.16. The molecule has 0 radical (unpaired) electrons. The Balaban J connectivity index is 1.37. The molecule has 1 fully saturated rings. The third kappa shape index (κ3) is 4.05. The molecule has 8 nitrogen and oxygen atoms in total. The van der Waals surface area contributed by atoms with Crippen molar-refractivity contribution in [1.29, 1.82) is 0 Å². The molecule has 1 aliphatic rings. The van der Waals surface area contributed by atoms with Crippen molar-refractivity contribution in [3.63, 3.8) is 0 Å². The first-order valence-corrected chi connectivity index (χ1v) is 11.0. The lowest BCUT2D eigenvalue weighted by Crippen LogP contribution is -2.18. The normalized spacial score (nSPS) is 17.2. The minimum absolute atomic E-state index is 0.141. The van der Waals surface area contributed by atoms with Crippen LogP contribution in [0.25, 0.3) is 4.96 Å². The van der Waals surface area contributed by atoms with Gasteiger partial charge in [-0.1, -0.05) is 41.4 Å². The number of aryl methyl sites for hydroxylation is 1. The predicted octanol–water partition coefficient (Wildman–Crippen LogP) is 2.45. The van der Waals surface area contributed by atoms with Crippen LogP contribution in [0.15, 0.2) is 15.2 Å². The summed E-state index contributed by atoms with van der Waals surface area (Å²) in [4.78, 5) is 17.3. The van der Waals surface area contributed by atoms with Gasteiger partial charge < -0.3 is 10.1 Å². The summed E-state index contributed by atoms with van der Waals surface area (Å²) in [6.45, 7) is 3.62. The Labute approximate surface area is 162 Å². The van der Waals surface area contributed by atoms with Crippen molar-refractivity contribution < 1.29 is 4.74 Å². The Bertz CT molecular complexity index is 946. The minimum Gasteiger partial charge on any atom is -0.376 e. The number of fused-ring (bicyclic) bond motifs is 1.